The van der Waals surface area contributed by atoms with E-state index in [4.69, 9.17) is 0 Å². The highest BCUT2D eigenvalue weighted by molar-refractivity contribution is 9.09. The van der Waals surface area contributed by atoms with E-state index < -0.39 is 4.92 Å². The molecule has 1 saturated heterocycles. The Balaban J connectivity index is 2.22. The van der Waals surface area contributed by atoms with Crippen LogP contribution in [-0.4, -0.2) is 22.2 Å². The smallest absolute Gasteiger partial charge is 0.269 e. The quantitative estimate of drug-likeness (QED) is 0.475. The van der Waals surface area contributed by atoms with E-state index in [-0.39, 0.29) is 16.4 Å². The number of alkyl halides is 1. The van der Waals surface area contributed by atoms with Gasteiger partial charge in [0.2, 0.25) is 5.91 Å². The number of non-ortho nitro benzene ring substituents is 1. The highest BCUT2D eigenvalue weighted by Crippen LogP contribution is 2.26. The van der Waals surface area contributed by atoms with Crippen LogP contribution >= 0.6 is 15.9 Å². The lowest BCUT2D eigenvalue weighted by molar-refractivity contribution is -0.384. The molecule has 0 bridgehead atoms. The van der Waals surface area contributed by atoms with Gasteiger partial charge < -0.3 is 4.90 Å². The Labute approximate surface area is 100 Å². The second kappa shape index (κ2) is 4.21. The van der Waals surface area contributed by atoms with Gasteiger partial charge in [0, 0.05) is 35.6 Å². The SMILES string of the molecule is O=C1CC(Br)CN1c1ccc([N+](=O)[O-])cc1. The summed E-state index contributed by atoms with van der Waals surface area (Å²) < 4.78 is 0. The normalized spacial score (nSPS) is 20.2. The number of nitro benzene ring substituents is 1. The summed E-state index contributed by atoms with van der Waals surface area (Å²) in [7, 11) is 0. The van der Waals surface area contributed by atoms with Crippen molar-refractivity contribution in [2.45, 2.75) is 11.2 Å². The van der Waals surface area contributed by atoms with Crippen molar-refractivity contribution in [1.82, 2.24) is 0 Å². The van der Waals surface area contributed by atoms with Crippen molar-refractivity contribution in [3.8, 4) is 0 Å². The molecular formula is C10H9BrN2O3. The third-order valence-electron chi connectivity index (χ3n) is 2.45. The molecule has 1 aromatic carbocycles. The molecule has 1 heterocycles. The zero-order chi connectivity index (χ0) is 11.7. The summed E-state index contributed by atoms with van der Waals surface area (Å²) in [6.07, 6.45) is 0.469. The maximum absolute atomic E-state index is 11.6. The Kier molecular flexibility index (Phi) is 2.91. The van der Waals surface area contributed by atoms with Crippen molar-refractivity contribution in [3.05, 3.63) is 34.4 Å². The van der Waals surface area contributed by atoms with Gasteiger partial charge in [-0.1, -0.05) is 15.9 Å². The molecule has 0 aliphatic carbocycles. The molecule has 16 heavy (non-hydrogen) atoms. The van der Waals surface area contributed by atoms with Crippen LogP contribution in [0.4, 0.5) is 11.4 Å². The van der Waals surface area contributed by atoms with Crippen molar-refractivity contribution < 1.29 is 9.72 Å². The number of carbonyl (C=O) groups is 1. The molecule has 0 spiro atoms. The van der Waals surface area contributed by atoms with E-state index in [9.17, 15) is 14.9 Å². The molecule has 0 radical (unpaired) electrons. The van der Waals surface area contributed by atoms with Gasteiger partial charge in [-0.15, -0.1) is 0 Å². The molecule has 0 N–H and O–H groups in total. The number of amides is 1. The average molecular weight is 285 g/mol. The fraction of sp³-hybridized carbons (Fsp3) is 0.300. The van der Waals surface area contributed by atoms with E-state index in [1.165, 1.54) is 12.1 Å². The van der Waals surface area contributed by atoms with Crippen LogP contribution in [0.5, 0.6) is 0 Å². The maximum Gasteiger partial charge on any atom is 0.269 e. The van der Waals surface area contributed by atoms with Crippen molar-refractivity contribution in [2.24, 2.45) is 0 Å². The number of hydrogen-bond donors (Lipinski definition) is 0. The molecule has 1 fully saturated rings. The number of carbonyl (C=O) groups excluding carboxylic acids is 1. The van der Waals surface area contributed by atoms with Crippen LogP contribution in [0.3, 0.4) is 0 Å². The Morgan fingerprint density at radius 1 is 1.38 bits per heavy atom. The van der Waals surface area contributed by atoms with Crippen LogP contribution < -0.4 is 4.90 Å². The molecule has 0 aromatic heterocycles. The summed E-state index contributed by atoms with van der Waals surface area (Å²) in [6.45, 7) is 0.608. The molecule has 1 atom stereocenters. The van der Waals surface area contributed by atoms with E-state index in [0.717, 1.165) is 0 Å². The zero-order valence-electron chi connectivity index (χ0n) is 8.30. The minimum absolute atomic E-state index is 0.0331. The molecule has 1 aliphatic rings. The summed E-state index contributed by atoms with van der Waals surface area (Å²) in [4.78, 5) is 23.4. The zero-order valence-corrected chi connectivity index (χ0v) is 9.88. The second-order valence-corrected chi connectivity index (χ2v) is 4.87. The molecule has 1 amide bonds. The standard InChI is InChI=1S/C10H9BrN2O3/c11-7-5-10(14)12(6-7)8-1-3-9(4-2-8)13(15)16/h1-4,7H,5-6H2. The van der Waals surface area contributed by atoms with E-state index in [0.29, 0.717) is 18.7 Å². The molecule has 1 unspecified atom stereocenters. The minimum atomic E-state index is -0.455. The summed E-state index contributed by atoms with van der Waals surface area (Å²) in [5, 5.41) is 10.5. The molecule has 6 heteroatoms. The van der Waals surface area contributed by atoms with Crippen molar-refractivity contribution in [3.63, 3.8) is 0 Å². The Morgan fingerprint density at radius 2 is 2.00 bits per heavy atom. The summed E-state index contributed by atoms with van der Waals surface area (Å²) in [5.74, 6) is 0.0377. The first-order valence-electron chi connectivity index (χ1n) is 4.77. The van der Waals surface area contributed by atoms with Crippen LogP contribution in [0.25, 0.3) is 0 Å². The largest absolute Gasteiger partial charge is 0.311 e. The van der Waals surface area contributed by atoms with Gasteiger partial charge in [-0.2, -0.15) is 0 Å². The Bertz CT molecular complexity index is 432. The molecule has 84 valence electrons. The first-order valence-corrected chi connectivity index (χ1v) is 5.68. The molecule has 0 saturated carbocycles. The van der Waals surface area contributed by atoms with E-state index in [1.54, 1.807) is 17.0 Å². The Morgan fingerprint density at radius 3 is 2.44 bits per heavy atom. The fourth-order valence-electron chi connectivity index (χ4n) is 1.67. The number of halogens is 1. The van der Waals surface area contributed by atoms with Gasteiger partial charge in [0.25, 0.3) is 5.69 Å². The number of nitrogens with zero attached hydrogens (tertiary/aromatic N) is 2. The molecule has 1 aromatic rings. The van der Waals surface area contributed by atoms with Crippen LogP contribution in [0.1, 0.15) is 6.42 Å². The van der Waals surface area contributed by atoms with E-state index in [1.807, 2.05) is 0 Å². The minimum Gasteiger partial charge on any atom is -0.311 e. The van der Waals surface area contributed by atoms with E-state index in [2.05, 4.69) is 15.9 Å². The van der Waals surface area contributed by atoms with Gasteiger partial charge in [-0.05, 0) is 12.1 Å². The second-order valence-electron chi connectivity index (χ2n) is 3.58. The molecule has 1 aliphatic heterocycles. The summed E-state index contributed by atoms with van der Waals surface area (Å²) in [6, 6.07) is 6.01. The first kappa shape index (κ1) is 11.1. The highest BCUT2D eigenvalue weighted by Gasteiger charge is 2.28. The van der Waals surface area contributed by atoms with E-state index >= 15 is 0 Å². The average Bonchev–Trinajstić information content (AvgIpc) is 2.58. The van der Waals surface area contributed by atoms with Gasteiger partial charge in [0.05, 0.1) is 4.92 Å². The Hall–Kier alpha value is -1.43. The fourth-order valence-corrected chi connectivity index (χ4v) is 2.23. The number of rotatable bonds is 2. The summed E-state index contributed by atoms with van der Waals surface area (Å²) >= 11 is 3.38. The van der Waals surface area contributed by atoms with Crippen molar-refractivity contribution in [2.75, 3.05) is 11.4 Å². The van der Waals surface area contributed by atoms with Crippen molar-refractivity contribution in [1.29, 1.82) is 0 Å². The first-order chi connectivity index (χ1) is 7.58. The topological polar surface area (TPSA) is 63.5 Å². The lowest BCUT2D eigenvalue weighted by Crippen LogP contribution is -2.24. The molecule has 2 rings (SSSR count). The monoisotopic (exact) mass is 284 g/mol. The van der Waals surface area contributed by atoms with Gasteiger partial charge >= 0.3 is 0 Å². The molecule has 5 nitrogen and oxygen atoms in total. The number of hydrogen-bond acceptors (Lipinski definition) is 3. The number of benzene rings is 1. The third-order valence-corrected chi connectivity index (χ3v) is 3.06. The highest BCUT2D eigenvalue weighted by atomic mass is 79.9. The number of anilines is 1. The van der Waals surface area contributed by atoms with Gasteiger partial charge in [0.1, 0.15) is 0 Å². The maximum atomic E-state index is 11.6. The van der Waals surface area contributed by atoms with Crippen LogP contribution in [0, 0.1) is 10.1 Å². The lowest BCUT2D eigenvalue weighted by atomic mass is 10.2. The van der Waals surface area contributed by atoms with Crippen molar-refractivity contribution >= 4 is 33.2 Å². The van der Waals surface area contributed by atoms with Gasteiger partial charge in [0.15, 0.2) is 0 Å². The van der Waals surface area contributed by atoms with Gasteiger partial charge in [-0.25, -0.2) is 0 Å². The predicted octanol–water partition coefficient (Wildman–Crippen LogP) is 2.09. The van der Waals surface area contributed by atoms with Crippen LogP contribution in [-0.2, 0) is 4.79 Å². The van der Waals surface area contributed by atoms with Gasteiger partial charge in [-0.3, -0.25) is 14.9 Å². The predicted molar refractivity (Wildman–Crippen MR) is 62.8 cm³/mol. The van der Waals surface area contributed by atoms with Crippen LogP contribution in [0.15, 0.2) is 24.3 Å². The lowest BCUT2D eigenvalue weighted by Gasteiger charge is -2.15. The molecular weight excluding hydrogens is 276 g/mol. The third kappa shape index (κ3) is 2.06. The van der Waals surface area contributed by atoms with Crippen LogP contribution in [0.2, 0.25) is 0 Å². The summed E-state index contributed by atoms with van der Waals surface area (Å²) in [5.41, 5.74) is 0.739. The number of nitro groups is 1.